The molecule has 1 aliphatic heterocycles. The lowest BCUT2D eigenvalue weighted by Crippen LogP contribution is -2.50. The second-order valence-corrected chi connectivity index (χ2v) is 11.8. The molecule has 8 nitrogen and oxygen atoms in total. The topological polar surface area (TPSA) is 107 Å². The number of rotatable bonds is 5. The van der Waals surface area contributed by atoms with Crippen LogP contribution in [0.4, 0.5) is 0 Å². The minimum Gasteiger partial charge on any atom is -0.487 e. The molecule has 0 bridgehead atoms. The number of likely N-dealkylation sites (N-methyl/N-ethyl adjacent to an activating group) is 1. The molecule has 1 aliphatic carbocycles. The van der Waals surface area contributed by atoms with E-state index in [9.17, 15) is 23.4 Å². The van der Waals surface area contributed by atoms with E-state index in [1.165, 1.54) is 16.8 Å². The Hall–Kier alpha value is -2.12. The van der Waals surface area contributed by atoms with Gasteiger partial charge in [0.2, 0.25) is 15.9 Å². The Labute approximate surface area is 209 Å². The Morgan fingerprint density at radius 3 is 2.57 bits per heavy atom. The van der Waals surface area contributed by atoms with Crippen molar-refractivity contribution in [3.05, 3.63) is 23.8 Å². The molecular formula is C26H38N2O6S. The lowest BCUT2D eigenvalue weighted by molar-refractivity contribution is -0.136. The van der Waals surface area contributed by atoms with Crippen LogP contribution in [-0.2, 0) is 14.8 Å². The summed E-state index contributed by atoms with van der Waals surface area (Å²) in [6.07, 6.45) is 3.81. The number of hydrogen-bond donors (Lipinski definition) is 2. The molecule has 2 aliphatic rings. The summed E-state index contributed by atoms with van der Waals surface area (Å²) in [5, 5.41) is 19.3. The van der Waals surface area contributed by atoms with Crippen molar-refractivity contribution < 1.29 is 28.2 Å². The molecule has 4 atom stereocenters. The summed E-state index contributed by atoms with van der Waals surface area (Å²) in [5.41, 5.74) is 0.514. The molecule has 194 valence electrons. The molecule has 3 rings (SSSR count). The fourth-order valence-corrected chi connectivity index (χ4v) is 6.56. The molecule has 0 saturated heterocycles. The number of aliphatic hydroxyl groups excluding tert-OH is 2. The van der Waals surface area contributed by atoms with E-state index in [2.05, 4.69) is 11.8 Å². The van der Waals surface area contributed by atoms with Gasteiger partial charge in [0.25, 0.3) is 0 Å². The lowest BCUT2D eigenvalue weighted by Gasteiger charge is -2.38. The number of hydrogen-bond acceptors (Lipinski definition) is 6. The Kier molecular flexibility index (Phi) is 9.22. The molecule has 1 aromatic carbocycles. The SMILES string of the molecule is C[C@H](CO)N1C[C@H](C)[C@@H](CN(C)C(=O)C2CCCCC2)Oc2cc(C#C[C@@H](C)O)ccc2S1(=O)=O. The van der Waals surface area contributed by atoms with Crippen molar-refractivity contribution in [1.82, 2.24) is 9.21 Å². The second-order valence-electron chi connectivity index (χ2n) is 9.90. The highest BCUT2D eigenvalue weighted by Gasteiger charge is 2.38. The second kappa shape index (κ2) is 11.7. The van der Waals surface area contributed by atoms with Gasteiger partial charge in [-0.2, -0.15) is 4.31 Å². The molecule has 0 radical (unpaired) electrons. The predicted molar refractivity (Wildman–Crippen MR) is 133 cm³/mol. The molecular weight excluding hydrogens is 468 g/mol. The van der Waals surface area contributed by atoms with Gasteiger partial charge in [0.15, 0.2) is 0 Å². The van der Waals surface area contributed by atoms with Gasteiger partial charge >= 0.3 is 0 Å². The number of carbonyl (C=O) groups is 1. The number of amides is 1. The Bertz CT molecular complexity index is 1060. The summed E-state index contributed by atoms with van der Waals surface area (Å²) in [5.74, 6) is 5.54. The molecule has 0 aromatic heterocycles. The van der Waals surface area contributed by atoms with Crippen LogP contribution < -0.4 is 4.74 Å². The van der Waals surface area contributed by atoms with Crippen molar-refractivity contribution in [1.29, 1.82) is 0 Å². The summed E-state index contributed by atoms with van der Waals surface area (Å²) >= 11 is 0. The maximum atomic E-state index is 13.5. The van der Waals surface area contributed by atoms with Gasteiger partial charge in [0, 0.05) is 37.0 Å². The molecule has 2 N–H and O–H groups in total. The summed E-state index contributed by atoms with van der Waals surface area (Å²) in [6.45, 7) is 5.28. The van der Waals surface area contributed by atoms with E-state index in [1.54, 1.807) is 37.9 Å². The van der Waals surface area contributed by atoms with Crippen LogP contribution in [0.1, 0.15) is 58.4 Å². The molecule has 1 heterocycles. The summed E-state index contributed by atoms with van der Waals surface area (Å²) in [7, 11) is -2.17. The van der Waals surface area contributed by atoms with Gasteiger partial charge in [-0.3, -0.25) is 4.79 Å². The molecule has 0 unspecified atom stereocenters. The smallest absolute Gasteiger partial charge is 0.247 e. The van der Waals surface area contributed by atoms with Crippen molar-refractivity contribution in [2.45, 2.75) is 76.0 Å². The minimum absolute atomic E-state index is 0.00134. The third-order valence-corrected chi connectivity index (χ3v) is 8.90. The van der Waals surface area contributed by atoms with Crippen LogP contribution in [0.15, 0.2) is 23.1 Å². The first-order chi connectivity index (χ1) is 16.5. The highest BCUT2D eigenvalue weighted by molar-refractivity contribution is 7.89. The van der Waals surface area contributed by atoms with Gasteiger partial charge in [0.1, 0.15) is 22.9 Å². The third kappa shape index (κ3) is 6.56. The monoisotopic (exact) mass is 506 g/mol. The zero-order valence-corrected chi connectivity index (χ0v) is 21.9. The number of ether oxygens (including phenoxy) is 1. The van der Waals surface area contributed by atoms with E-state index in [4.69, 9.17) is 4.74 Å². The standard InChI is InChI=1S/C26H38N2O6S/c1-18-15-28(19(2)17-29)35(32,33)25-13-12-21(11-10-20(3)30)14-23(25)34-24(18)16-27(4)26(31)22-8-6-5-7-9-22/h12-14,18-20,22,24,29-30H,5-9,15-17H2,1-4H3/t18-,19+,20+,24+/m0/s1. The molecule has 9 heteroatoms. The molecule has 1 amide bonds. The van der Waals surface area contributed by atoms with E-state index in [1.807, 2.05) is 6.92 Å². The van der Waals surface area contributed by atoms with Crippen molar-refractivity contribution in [2.24, 2.45) is 11.8 Å². The fourth-order valence-electron chi connectivity index (χ4n) is 4.73. The van der Waals surface area contributed by atoms with Crippen LogP contribution in [0.5, 0.6) is 5.75 Å². The number of aliphatic hydroxyl groups is 2. The minimum atomic E-state index is -3.95. The van der Waals surface area contributed by atoms with E-state index in [0.717, 1.165) is 25.7 Å². The first kappa shape index (κ1) is 27.5. The van der Waals surface area contributed by atoms with E-state index in [0.29, 0.717) is 12.1 Å². The average Bonchev–Trinajstić information content (AvgIpc) is 2.84. The van der Waals surface area contributed by atoms with Crippen LogP contribution >= 0.6 is 0 Å². The summed E-state index contributed by atoms with van der Waals surface area (Å²) < 4.78 is 34.7. The maximum absolute atomic E-state index is 13.5. The van der Waals surface area contributed by atoms with Crippen molar-refractivity contribution in [3.8, 4) is 17.6 Å². The Morgan fingerprint density at radius 2 is 1.94 bits per heavy atom. The van der Waals surface area contributed by atoms with E-state index < -0.39 is 28.3 Å². The predicted octanol–water partition coefficient (Wildman–Crippen LogP) is 2.23. The highest BCUT2D eigenvalue weighted by atomic mass is 32.2. The van der Waals surface area contributed by atoms with Gasteiger partial charge in [-0.25, -0.2) is 8.42 Å². The number of benzene rings is 1. The number of fused-ring (bicyclic) bond motifs is 1. The summed E-state index contributed by atoms with van der Waals surface area (Å²) in [6, 6.07) is 3.98. The third-order valence-electron chi connectivity index (χ3n) is 6.88. The average molecular weight is 507 g/mol. The number of carbonyl (C=O) groups excluding carboxylic acids is 1. The van der Waals surface area contributed by atoms with E-state index in [-0.39, 0.29) is 41.5 Å². The van der Waals surface area contributed by atoms with Crippen molar-refractivity contribution in [3.63, 3.8) is 0 Å². The van der Waals surface area contributed by atoms with Gasteiger partial charge in [-0.05, 0) is 44.9 Å². The van der Waals surface area contributed by atoms with Crippen molar-refractivity contribution >= 4 is 15.9 Å². The number of sulfonamides is 1. The molecule has 1 saturated carbocycles. The van der Waals surface area contributed by atoms with Crippen LogP contribution in [0.25, 0.3) is 0 Å². The van der Waals surface area contributed by atoms with Gasteiger partial charge < -0.3 is 19.8 Å². The Balaban J connectivity index is 1.97. The van der Waals surface area contributed by atoms with Crippen molar-refractivity contribution in [2.75, 3.05) is 26.7 Å². The Morgan fingerprint density at radius 1 is 1.26 bits per heavy atom. The van der Waals surface area contributed by atoms with Crippen LogP contribution in [-0.4, -0.2) is 78.7 Å². The molecule has 1 aromatic rings. The van der Waals surface area contributed by atoms with Gasteiger partial charge in [-0.15, -0.1) is 0 Å². The zero-order chi connectivity index (χ0) is 25.8. The van der Waals surface area contributed by atoms with Crippen LogP contribution in [0.3, 0.4) is 0 Å². The van der Waals surface area contributed by atoms with Crippen LogP contribution in [0.2, 0.25) is 0 Å². The summed E-state index contributed by atoms with van der Waals surface area (Å²) in [4.78, 5) is 14.8. The first-order valence-corrected chi connectivity index (χ1v) is 13.9. The van der Waals surface area contributed by atoms with Gasteiger partial charge in [0.05, 0.1) is 13.2 Å². The lowest BCUT2D eigenvalue weighted by atomic mass is 9.88. The fraction of sp³-hybridized carbons (Fsp3) is 0.654. The van der Waals surface area contributed by atoms with Crippen LogP contribution in [0, 0.1) is 23.7 Å². The molecule has 0 spiro atoms. The zero-order valence-electron chi connectivity index (χ0n) is 21.1. The molecule has 1 fully saturated rings. The van der Waals surface area contributed by atoms with Gasteiger partial charge in [-0.1, -0.05) is 38.0 Å². The molecule has 35 heavy (non-hydrogen) atoms. The van der Waals surface area contributed by atoms with E-state index >= 15 is 0 Å². The number of nitrogens with zero attached hydrogens (tertiary/aromatic N) is 2. The maximum Gasteiger partial charge on any atom is 0.247 e. The quantitative estimate of drug-likeness (QED) is 0.593. The first-order valence-electron chi connectivity index (χ1n) is 12.4. The normalized spacial score (nSPS) is 24.5. The highest BCUT2D eigenvalue weighted by Crippen LogP contribution is 2.34. The largest absolute Gasteiger partial charge is 0.487 e.